The Labute approximate surface area is 161 Å². The summed E-state index contributed by atoms with van der Waals surface area (Å²) in [5, 5.41) is 1.01. The molecule has 1 fully saturated rings. The summed E-state index contributed by atoms with van der Waals surface area (Å²) in [6, 6.07) is 2.10. The number of aromatic nitrogens is 2. The van der Waals surface area contributed by atoms with E-state index in [9.17, 15) is 8.42 Å². The Bertz CT molecular complexity index is 904. The first-order valence-electron chi connectivity index (χ1n) is 10.2. The van der Waals surface area contributed by atoms with Gasteiger partial charge >= 0.3 is 0 Å². The second-order valence-corrected chi connectivity index (χ2v) is 10.2. The molecule has 4 rings (SSSR count). The minimum Gasteiger partial charge on any atom is -0.370 e. The highest BCUT2D eigenvalue weighted by Gasteiger charge is 2.37. The van der Waals surface area contributed by atoms with Gasteiger partial charge in [0.2, 0.25) is 10.0 Å². The minimum absolute atomic E-state index is 0.0122. The zero-order valence-electron chi connectivity index (χ0n) is 16.2. The van der Waals surface area contributed by atoms with Crippen molar-refractivity contribution in [3.05, 3.63) is 24.0 Å². The number of anilines is 1. The Morgan fingerprint density at radius 2 is 2.22 bits per heavy atom. The summed E-state index contributed by atoms with van der Waals surface area (Å²) in [5.41, 5.74) is 3.49. The molecule has 0 aromatic carbocycles. The smallest absolute Gasteiger partial charge is 0.214 e. The highest BCUT2D eigenvalue weighted by molar-refractivity contribution is 7.90. The molecule has 0 amide bonds. The van der Waals surface area contributed by atoms with Crippen LogP contribution in [0.25, 0.3) is 11.0 Å². The molecule has 2 aliphatic rings. The van der Waals surface area contributed by atoms with Crippen LogP contribution in [0.3, 0.4) is 0 Å². The van der Waals surface area contributed by atoms with Gasteiger partial charge in [-0.05, 0) is 49.7 Å². The fourth-order valence-corrected chi connectivity index (χ4v) is 5.71. The maximum atomic E-state index is 12.5. The number of fused-ring (bicyclic) bond motifs is 3. The number of nitrogens with one attached hydrogen (secondary N) is 2. The first-order chi connectivity index (χ1) is 13.0. The van der Waals surface area contributed by atoms with Crippen LogP contribution >= 0.6 is 0 Å². The van der Waals surface area contributed by atoms with E-state index in [4.69, 9.17) is 0 Å². The topological polar surface area (TPSA) is 78.1 Å². The Balaban J connectivity index is 1.47. The predicted octanol–water partition coefficient (Wildman–Crippen LogP) is 3.20. The molecule has 2 N–H and O–H groups in total. The fraction of sp³-hybridized carbons (Fsp3) is 0.650. The monoisotopic (exact) mass is 390 g/mol. The average molecular weight is 391 g/mol. The van der Waals surface area contributed by atoms with Crippen LogP contribution in [0.5, 0.6) is 0 Å². The number of H-pyrrole nitrogens is 1. The van der Waals surface area contributed by atoms with E-state index in [-0.39, 0.29) is 11.3 Å². The van der Waals surface area contributed by atoms with E-state index in [0.29, 0.717) is 5.92 Å². The number of sulfonamides is 1. The molecule has 0 radical (unpaired) electrons. The number of hydrogen-bond acceptors (Lipinski definition) is 4. The zero-order valence-corrected chi connectivity index (χ0v) is 17.1. The number of rotatable bonds is 9. The highest BCUT2D eigenvalue weighted by atomic mass is 32.2. The summed E-state index contributed by atoms with van der Waals surface area (Å²) in [6.07, 6.45) is 9.34. The molecule has 27 heavy (non-hydrogen) atoms. The third-order valence-electron chi connectivity index (χ3n) is 6.03. The molecule has 148 valence electrons. The van der Waals surface area contributed by atoms with Gasteiger partial charge in [0.1, 0.15) is 5.65 Å². The normalized spacial score (nSPS) is 19.4. The van der Waals surface area contributed by atoms with Gasteiger partial charge in [0, 0.05) is 36.9 Å². The first-order valence-corrected chi connectivity index (χ1v) is 11.7. The van der Waals surface area contributed by atoms with Crippen LogP contribution in [-0.2, 0) is 16.4 Å². The molecule has 2 atom stereocenters. The van der Waals surface area contributed by atoms with Crippen molar-refractivity contribution in [1.29, 1.82) is 0 Å². The van der Waals surface area contributed by atoms with Crippen LogP contribution in [0.15, 0.2) is 18.5 Å². The van der Waals surface area contributed by atoms with Crippen LogP contribution in [0.4, 0.5) is 5.69 Å². The Morgan fingerprint density at radius 3 is 2.96 bits per heavy atom. The molecule has 1 aliphatic heterocycles. The van der Waals surface area contributed by atoms with E-state index in [2.05, 4.69) is 39.5 Å². The average Bonchev–Trinajstić information content (AvgIpc) is 3.27. The summed E-state index contributed by atoms with van der Waals surface area (Å²) in [6.45, 7) is 6.22. The number of pyridine rings is 1. The van der Waals surface area contributed by atoms with Gasteiger partial charge in [0.05, 0.1) is 10.9 Å². The number of hydrogen-bond donors (Lipinski definition) is 2. The largest absolute Gasteiger partial charge is 0.370 e. The second kappa shape index (κ2) is 7.43. The van der Waals surface area contributed by atoms with Crippen molar-refractivity contribution in [2.75, 3.05) is 18.0 Å². The van der Waals surface area contributed by atoms with Gasteiger partial charge in [-0.1, -0.05) is 20.3 Å². The number of nitrogens with zero attached hydrogens (tertiary/aromatic N) is 2. The third kappa shape index (κ3) is 3.99. The van der Waals surface area contributed by atoms with Crippen molar-refractivity contribution < 1.29 is 8.42 Å². The van der Waals surface area contributed by atoms with Crippen LogP contribution in [0, 0.1) is 5.92 Å². The summed E-state index contributed by atoms with van der Waals surface area (Å²) < 4.78 is 28.0. The molecule has 0 unspecified atom stereocenters. The second-order valence-electron chi connectivity index (χ2n) is 8.21. The molecule has 0 saturated heterocycles. The van der Waals surface area contributed by atoms with Crippen LogP contribution < -0.4 is 9.62 Å². The molecule has 6 nitrogen and oxygen atoms in total. The lowest BCUT2D eigenvalue weighted by atomic mass is 9.98. The highest BCUT2D eigenvalue weighted by Crippen LogP contribution is 2.34. The van der Waals surface area contributed by atoms with Crippen molar-refractivity contribution in [3.8, 4) is 0 Å². The van der Waals surface area contributed by atoms with E-state index in [1.165, 1.54) is 16.6 Å². The van der Waals surface area contributed by atoms with Gasteiger partial charge < -0.3 is 9.88 Å². The van der Waals surface area contributed by atoms with Gasteiger partial charge in [0.15, 0.2) is 0 Å². The lowest BCUT2D eigenvalue weighted by molar-refractivity contribution is 0.411. The maximum Gasteiger partial charge on any atom is 0.214 e. The summed E-state index contributed by atoms with van der Waals surface area (Å²) in [5.74, 6) is 0.517. The Hall–Kier alpha value is -1.60. The molecule has 1 saturated carbocycles. The van der Waals surface area contributed by atoms with Crippen molar-refractivity contribution in [2.45, 2.75) is 63.7 Å². The summed E-state index contributed by atoms with van der Waals surface area (Å²) >= 11 is 0. The molecule has 1 aliphatic carbocycles. The Kier molecular flexibility index (Phi) is 5.16. The Morgan fingerprint density at radius 1 is 1.41 bits per heavy atom. The van der Waals surface area contributed by atoms with Crippen LogP contribution in [0.1, 0.15) is 51.5 Å². The van der Waals surface area contributed by atoms with Crippen molar-refractivity contribution in [1.82, 2.24) is 14.7 Å². The van der Waals surface area contributed by atoms with E-state index in [0.717, 1.165) is 57.3 Å². The quantitative estimate of drug-likeness (QED) is 0.689. The molecular formula is C20H30N4O2S. The minimum atomic E-state index is -3.16. The van der Waals surface area contributed by atoms with E-state index < -0.39 is 10.0 Å². The molecule has 2 aromatic rings. The van der Waals surface area contributed by atoms with E-state index in [1.807, 2.05) is 12.4 Å². The van der Waals surface area contributed by atoms with Crippen molar-refractivity contribution in [2.24, 2.45) is 5.92 Å². The molecule has 3 heterocycles. The van der Waals surface area contributed by atoms with Crippen LogP contribution in [-0.4, -0.2) is 42.8 Å². The van der Waals surface area contributed by atoms with E-state index >= 15 is 0 Å². The standard InChI is InChI=1S/C20H30N4O2S/c1-3-14(2)12-16(23-27(25,26)17-4-5-17)8-11-24-10-7-15-13-22-20-18(19(15)24)6-9-21-20/h6,9,13-14,16-17,23H,3-5,7-8,10-12H2,1-2H3,(H,21,22)/t14-,16-/m1/s1. The van der Waals surface area contributed by atoms with Gasteiger partial charge in [-0.3, -0.25) is 0 Å². The summed E-state index contributed by atoms with van der Waals surface area (Å²) in [7, 11) is -3.16. The van der Waals surface area contributed by atoms with Crippen LogP contribution in [0.2, 0.25) is 0 Å². The maximum absolute atomic E-state index is 12.5. The van der Waals surface area contributed by atoms with Crippen molar-refractivity contribution >= 4 is 26.7 Å². The molecule has 0 bridgehead atoms. The van der Waals surface area contributed by atoms with E-state index in [1.54, 1.807) is 0 Å². The van der Waals surface area contributed by atoms with Gasteiger partial charge in [-0.2, -0.15) is 0 Å². The predicted molar refractivity (Wildman–Crippen MR) is 110 cm³/mol. The molecule has 0 spiro atoms. The number of aromatic amines is 1. The lowest BCUT2D eigenvalue weighted by Gasteiger charge is -2.26. The first kappa shape index (κ1) is 18.7. The fourth-order valence-electron chi connectivity index (χ4n) is 4.08. The third-order valence-corrected chi connectivity index (χ3v) is 8.04. The summed E-state index contributed by atoms with van der Waals surface area (Å²) in [4.78, 5) is 10.1. The molecular weight excluding hydrogens is 360 g/mol. The van der Waals surface area contributed by atoms with Gasteiger partial charge in [-0.25, -0.2) is 18.1 Å². The molecule has 2 aromatic heterocycles. The molecule has 7 heteroatoms. The lowest BCUT2D eigenvalue weighted by Crippen LogP contribution is -2.40. The van der Waals surface area contributed by atoms with Gasteiger partial charge in [0.25, 0.3) is 0 Å². The zero-order chi connectivity index (χ0) is 19.0. The SMILES string of the molecule is CC[C@@H](C)C[C@@H](CCN1CCc2cnc3[nH]ccc3c21)NS(=O)(=O)C1CC1. The van der Waals surface area contributed by atoms with Gasteiger partial charge in [-0.15, -0.1) is 0 Å². The van der Waals surface area contributed by atoms with Crippen molar-refractivity contribution in [3.63, 3.8) is 0 Å².